The van der Waals surface area contributed by atoms with Crippen LogP contribution in [0.4, 0.5) is 5.69 Å². The van der Waals surface area contributed by atoms with Gasteiger partial charge < -0.3 is 29.6 Å². The van der Waals surface area contributed by atoms with Crippen LogP contribution in [0.25, 0.3) is 32.7 Å². The molecule has 0 aliphatic carbocycles. The number of methoxy groups -OCH3 is 1. The molecule has 0 radical (unpaired) electrons. The molecule has 6 rings (SSSR count). The minimum Gasteiger partial charge on any atom is -0.488 e. The van der Waals surface area contributed by atoms with E-state index in [2.05, 4.69) is 22.4 Å². The number of carbonyl (C=O) groups is 1. The Kier molecular flexibility index (Phi) is 7.85. The molecule has 1 heterocycles. The van der Waals surface area contributed by atoms with Crippen LogP contribution in [0.3, 0.4) is 0 Å². The van der Waals surface area contributed by atoms with Crippen molar-refractivity contribution in [2.45, 2.75) is 13.2 Å². The number of aromatic nitrogens is 1. The lowest BCUT2D eigenvalue weighted by Crippen LogP contribution is -2.12. The predicted octanol–water partition coefficient (Wildman–Crippen LogP) is 7.29. The second-order valence-electron chi connectivity index (χ2n) is 9.86. The van der Waals surface area contributed by atoms with E-state index < -0.39 is 0 Å². The number of ether oxygens (including phenoxy) is 3. The number of nitrogens with one attached hydrogen (secondary N) is 2. The molecule has 42 heavy (non-hydrogen) atoms. The van der Waals surface area contributed by atoms with Crippen LogP contribution < -0.4 is 14.8 Å². The highest BCUT2D eigenvalue weighted by atomic mass is 16.7. The van der Waals surface area contributed by atoms with Gasteiger partial charge in [0.15, 0.2) is 6.79 Å². The van der Waals surface area contributed by atoms with Crippen molar-refractivity contribution < 1.29 is 24.1 Å². The molecule has 0 fully saturated rings. The van der Waals surface area contributed by atoms with Gasteiger partial charge in [-0.3, -0.25) is 4.79 Å². The largest absolute Gasteiger partial charge is 0.488 e. The molecular weight excluding hydrogens is 528 g/mol. The Morgan fingerprint density at radius 2 is 1.60 bits per heavy atom. The van der Waals surface area contributed by atoms with Crippen molar-refractivity contribution in [3.8, 4) is 22.6 Å². The summed E-state index contributed by atoms with van der Waals surface area (Å²) in [5.74, 6) is 0.999. The summed E-state index contributed by atoms with van der Waals surface area (Å²) in [6, 6.07) is 33.2. The molecule has 0 unspecified atom stereocenters. The molecule has 0 saturated heterocycles. The molecule has 0 spiro atoms. The third-order valence-electron chi connectivity index (χ3n) is 7.13. The van der Waals surface area contributed by atoms with E-state index in [1.807, 2.05) is 78.9 Å². The third kappa shape index (κ3) is 5.43. The lowest BCUT2D eigenvalue weighted by atomic mass is 9.90. The maximum atomic E-state index is 12.5. The van der Waals surface area contributed by atoms with Gasteiger partial charge in [0, 0.05) is 35.7 Å². The van der Waals surface area contributed by atoms with Gasteiger partial charge in [0.1, 0.15) is 23.8 Å². The molecule has 210 valence electrons. The number of aliphatic hydroxyl groups excluding tert-OH is 1. The average molecular weight is 559 g/mol. The Labute approximate surface area is 243 Å². The number of hydrogen-bond donors (Lipinski definition) is 3. The molecule has 7 heteroatoms. The van der Waals surface area contributed by atoms with E-state index in [0.29, 0.717) is 28.4 Å². The van der Waals surface area contributed by atoms with E-state index in [0.717, 1.165) is 38.2 Å². The maximum Gasteiger partial charge on any atom is 0.272 e. The number of aliphatic hydroxyl groups is 1. The zero-order chi connectivity index (χ0) is 28.9. The molecule has 0 aliphatic rings. The van der Waals surface area contributed by atoms with Crippen LogP contribution in [0.2, 0.25) is 0 Å². The Hall–Kier alpha value is -5.11. The highest BCUT2D eigenvalue weighted by Crippen LogP contribution is 2.47. The first-order valence-corrected chi connectivity index (χ1v) is 13.6. The van der Waals surface area contributed by atoms with Gasteiger partial charge in [-0.05, 0) is 63.5 Å². The number of anilines is 1. The molecule has 1 amide bonds. The number of H-pyrrole nitrogens is 1. The van der Waals surface area contributed by atoms with Gasteiger partial charge in [-0.2, -0.15) is 0 Å². The maximum absolute atomic E-state index is 12.5. The minimum absolute atomic E-state index is 0.0281. The molecule has 0 aliphatic heterocycles. The summed E-state index contributed by atoms with van der Waals surface area (Å²) in [7, 11) is 1.57. The lowest BCUT2D eigenvalue weighted by Gasteiger charge is -2.21. The average Bonchev–Trinajstić information content (AvgIpc) is 3.58. The number of fused-ring (bicyclic) bond motifs is 2. The standard InChI is InChI=1S/C35H30N2O5/c1-40-22-42-34-26(20-38)19-25-10-3-5-13-29(25)33(34)32-28-12-4-2-9-24(28)15-16-31(32)41-21-23-8-6-11-27(18-23)37-35(39)30-14-7-17-36-30/h2-19,36,38H,20-22H2,1H3,(H,37,39). The first-order chi connectivity index (χ1) is 20.7. The van der Waals surface area contributed by atoms with E-state index in [9.17, 15) is 9.90 Å². The zero-order valence-electron chi connectivity index (χ0n) is 23.1. The topological polar surface area (TPSA) is 92.8 Å². The zero-order valence-corrected chi connectivity index (χ0v) is 23.1. The highest BCUT2D eigenvalue weighted by Gasteiger charge is 2.22. The van der Waals surface area contributed by atoms with Crippen molar-refractivity contribution in [3.63, 3.8) is 0 Å². The molecule has 3 N–H and O–H groups in total. The van der Waals surface area contributed by atoms with Crippen molar-refractivity contribution in [2.75, 3.05) is 19.2 Å². The van der Waals surface area contributed by atoms with E-state index in [-0.39, 0.29) is 25.9 Å². The van der Waals surface area contributed by atoms with Gasteiger partial charge in [0.05, 0.1) is 6.61 Å². The smallest absolute Gasteiger partial charge is 0.272 e. The molecular formula is C35H30N2O5. The van der Waals surface area contributed by atoms with Gasteiger partial charge in [0.25, 0.3) is 5.91 Å². The summed E-state index contributed by atoms with van der Waals surface area (Å²) in [6.07, 6.45) is 1.71. The molecule has 7 nitrogen and oxygen atoms in total. The van der Waals surface area contributed by atoms with Gasteiger partial charge in [-0.25, -0.2) is 0 Å². The summed E-state index contributed by atoms with van der Waals surface area (Å²) < 4.78 is 17.9. The monoisotopic (exact) mass is 558 g/mol. The summed E-state index contributed by atoms with van der Waals surface area (Å²) in [4.78, 5) is 15.5. The molecule has 0 saturated carbocycles. The van der Waals surface area contributed by atoms with Crippen LogP contribution in [-0.2, 0) is 18.0 Å². The second-order valence-corrected chi connectivity index (χ2v) is 9.86. The van der Waals surface area contributed by atoms with Crippen molar-refractivity contribution in [1.29, 1.82) is 0 Å². The molecule has 1 aromatic heterocycles. The lowest BCUT2D eigenvalue weighted by molar-refractivity contribution is 0.0500. The summed E-state index contributed by atoms with van der Waals surface area (Å²) in [6.45, 7) is 0.0998. The van der Waals surface area contributed by atoms with Crippen LogP contribution in [0.15, 0.2) is 109 Å². The minimum atomic E-state index is -0.214. The number of carbonyl (C=O) groups excluding carboxylic acids is 1. The van der Waals surface area contributed by atoms with E-state index >= 15 is 0 Å². The number of benzene rings is 5. The third-order valence-corrected chi connectivity index (χ3v) is 7.13. The normalized spacial score (nSPS) is 11.1. The van der Waals surface area contributed by atoms with Crippen molar-refractivity contribution in [2.24, 2.45) is 0 Å². The van der Waals surface area contributed by atoms with Gasteiger partial charge in [-0.15, -0.1) is 0 Å². The quantitative estimate of drug-likeness (QED) is 0.154. The predicted molar refractivity (Wildman–Crippen MR) is 165 cm³/mol. The fourth-order valence-electron chi connectivity index (χ4n) is 5.23. The van der Waals surface area contributed by atoms with Crippen LogP contribution in [0, 0.1) is 0 Å². The molecule has 0 atom stereocenters. The molecule has 0 bridgehead atoms. The Balaban J connectivity index is 1.44. The van der Waals surface area contributed by atoms with Crippen molar-refractivity contribution >= 4 is 33.1 Å². The highest BCUT2D eigenvalue weighted by molar-refractivity contribution is 6.10. The van der Waals surface area contributed by atoms with Crippen molar-refractivity contribution in [1.82, 2.24) is 4.98 Å². The SMILES string of the molecule is COCOc1c(CO)cc2ccccc2c1-c1c(OCc2cccc(NC(=O)c3ccc[nH]3)c2)ccc2ccccc12. The van der Waals surface area contributed by atoms with Gasteiger partial charge in [-0.1, -0.05) is 66.7 Å². The van der Waals surface area contributed by atoms with Gasteiger partial charge in [0.2, 0.25) is 0 Å². The van der Waals surface area contributed by atoms with Crippen LogP contribution in [0.1, 0.15) is 21.6 Å². The summed E-state index contributed by atoms with van der Waals surface area (Å²) >= 11 is 0. The Bertz CT molecular complexity index is 1860. The van der Waals surface area contributed by atoms with Gasteiger partial charge >= 0.3 is 0 Å². The second kappa shape index (κ2) is 12.2. The van der Waals surface area contributed by atoms with Crippen LogP contribution >= 0.6 is 0 Å². The number of amides is 1. The summed E-state index contributed by atoms with van der Waals surface area (Å²) in [5, 5.41) is 17.3. The number of aromatic amines is 1. The molecule has 5 aromatic carbocycles. The summed E-state index contributed by atoms with van der Waals surface area (Å²) in [5.41, 5.74) is 4.40. The van der Waals surface area contributed by atoms with Crippen LogP contribution in [0.5, 0.6) is 11.5 Å². The fraction of sp³-hybridized carbons (Fsp3) is 0.114. The first kappa shape index (κ1) is 27.1. The number of hydrogen-bond acceptors (Lipinski definition) is 5. The van der Waals surface area contributed by atoms with E-state index in [1.54, 1.807) is 25.4 Å². The number of rotatable bonds is 10. The van der Waals surface area contributed by atoms with Crippen molar-refractivity contribution in [3.05, 3.63) is 126 Å². The van der Waals surface area contributed by atoms with Crippen LogP contribution in [-0.4, -0.2) is 29.9 Å². The Morgan fingerprint density at radius 1 is 0.810 bits per heavy atom. The van der Waals surface area contributed by atoms with E-state index in [4.69, 9.17) is 14.2 Å². The molecule has 6 aromatic rings. The first-order valence-electron chi connectivity index (χ1n) is 13.6. The Morgan fingerprint density at radius 3 is 2.36 bits per heavy atom. The fourth-order valence-corrected chi connectivity index (χ4v) is 5.23. The van der Waals surface area contributed by atoms with E-state index in [1.165, 1.54) is 0 Å².